The van der Waals surface area contributed by atoms with Crippen molar-refractivity contribution in [1.29, 1.82) is 0 Å². The molecule has 2 rings (SSSR count). The summed E-state index contributed by atoms with van der Waals surface area (Å²) in [6.07, 6.45) is -6.62. The molecule has 0 fully saturated rings. The molecule has 0 N–H and O–H groups in total. The number of hydrogen-bond donors (Lipinski definition) is 0. The molecule has 0 heterocycles. The molecule has 134 valence electrons. The average molecular weight is 366 g/mol. The number of hydrogen-bond acceptors (Lipinski definition) is 2. The largest absolute Gasteiger partial charge is 0.460 e. The van der Waals surface area contributed by atoms with Crippen molar-refractivity contribution >= 4 is 5.97 Å². The van der Waals surface area contributed by atoms with Gasteiger partial charge in [-0.1, -0.05) is 48.5 Å². The van der Waals surface area contributed by atoms with Crippen LogP contribution in [0.25, 0.3) is 11.1 Å². The Labute approximate surface area is 136 Å². The van der Waals surface area contributed by atoms with Crippen molar-refractivity contribution in [3.63, 3.8) is 0 Å². The highest BCUT2D eigenvalue weighted by atomic mass is 19.4. The second-order valence-corrected chi connectivity index (χ2v) is 4.90. The SMILES string of the molecule is O=C(Oc1ccccc1-c1ccccc1)C(F)(F)C(F)(F)C(F)(F)F. The van der Waals surface area contributed by atoms with Crippen LogP contribution in [-0.2, 0) is 4.79 Å². The third kappa shape index (κ3) is 3.45. The van der Waals surface area contributed by atoms with Crippen LogP contribution in [0.4, 0.5) is 30.7 Å². The van der Waals surface area contributed by atoms with Gasteiger partial charge in [-0.05, 0) is 11.6 Å². The molecule has 0 saturated carbocycles. The van der Waals surface area contributed by atoms with Crippen LogP contribution in [0.2, 0.25) is 0 Å². The number of carbonyl (C=O) groups is 1. The third-order valence-corrected chi connectivity index (χ3v) is 3.18. The quantitative estimate of drug-likeness (QED) is 0.428. The second-order valence-electron chi connectivity index (χ2n) is 4.90. The van der Waals surface area contributed by atoms with E-state index in [-0.39, 0.29) is 5.56 Å². The lowest BCUT2D eigenvalue weighted by molar-refractivity contribution is -0.346. The smallest absolute Gasteiger partial charge is 0.421 e. The van der Waals surface area contributed by atoms with Gasteiger partial charge < -0.3 is 4.74 Å². The highest BCUT2D eigenvalue weighted by Gasteiger charge is 2.77. The van der Waals surface area contributed by atoms with Crippen LogP contribution >= 0.6 is 0 Å². The van der Waals surface area contributed by atoms with E-state index in [1.807, 2.05) is 0 Å². The summed E-state index contributed by atoms with van der Waals surface area (Å²) < 4.78 is 93.1. The normalized spacial score (nSPS) is 12.8. The van der Waals surface area contributed by atoms with E-state index in [0.29, 0.717) is 5.56 Å². The van der Waals surface area contributed by atoms with Crippen LogP contribution in [0.3, 0.4) is 0 Å². The van der Waals surface area contributed by atoms with Crippen molar-refractivity contribution in [3.05, 3.63) is 54.6 Å². The molecule has 0 bridgehead atoms. The lowest BCUT2D eigenvalue weighted by Gasteiger charge is -2.26. The number of benzene rings is 2. The minimum Gasteiger partial charge on any atom is -0.421 e. The van der Waals surface area contributed by atoms with Crippen LogP contribution in [0.15, 0.2) is 54.6 Å². The predicted octanol–water partition coefficient (Wildman–Crippen LogP) is 5.09. The lowest BCUT2D eigenvalue weighted by atomic mass is 10.0. The average Bonchev–Trinajstić information content (AvgIpc) is 2.55. The first-order valence-corrected chi connectivity index (χ1v) is 6.67. The van der Waals surface area contributed by atoms with Crippen LogP contribution < -0.4 is 4.74 Å². The summed E-state index contributed by atoms with van der Waals surface area (Å²) >= 11 is 0. The molecule has 9 heteroatoms. The zero-order valence-electron chi connectivity index (χ0n) is 12.2. The number of carbonyl (C=O) groups excluding carboxylic acids is 1. The standard InChI is InChI=1S/C16H9F7O2/c17-14(18,15(19,20)16(21,22)23)13(24)25-12-9-5-4-8-11(12)10-6-2-1-3-7-10/h1-9H. The lowest BCUT2D eigenvalue weighted by Crippen LogP contribution is -2.57. The molecule has 0 radical (unpaired) electrons. The van der Waals surface area contributed by atoms with Crippen molar-refractivity contribution in [2.24, 2.45) is 0 Å². The highest BCUT2D eigenvalue weighted by molar-refractivity contribution is 5.84. The molecule has 0 amide bonds. The Bertz CT molecular complexity index is 755. The minimum atomic E-state index is -6.62. The fourth-order valence-electron chi connectivity index (χ4n) is 1.88. The van der Waals surface area contributed by atoms with Crippen LogP contribution in [-0.4, -0.2) is 24.0 Å². The number of esters is 1. The van der Waals surface area contributed by atoms with Crippen LogP contribution in [0, 0.1) is 0 Å². The molecule has 2 aromatic rings. The first kappa shape index (κ1) is 18.8. The molecule has 2 nitrogen and oxygen atoms in total. The molecular formula is C16H9F7O2. The van der Waals surface area contributed by atoms with E-state index in [9.17, 15) is 35.5 Å². The Balaban J connectivity index is 2.36. The highest BCUT2D eigenvalue weighted by Crippen LogP contribution is 2.47. The Hall–Kier alpha value is -2.58. The molecule has 0 atom stereocenters. The fraction of sp³-hybridized carbons (Fsp3) is 0.188. The van der Waals surface area contributed by atoms with Crippen molar-refractivity contribution in [1.82, 2.24) is 0 Å². The topological polar surface area (TPSA) is 26.3 Å². The van der Waals surface area contributed by atoms with Gasteiger partial charge in [-0.25, -0.2) is 4.79 Å². The molecule has 0 saturated heterocycles. The predicted molar refractivity (Wildman–Crippen MR) is 73.5 cm³/mol. The van der Waals surface area contributed by atoms with Gasteiger partial charge in [0.25, 0.3) is 0 Å². The number of para-hydroxylation sites is 1. The van der Waals surface area contributed by atoms with Gasteiger partial charge in [0.15, 0.2) is 0 Å². The monoisotopic (exact) mass is 366 g/mol. The van der Waals surface area contributed by atoms with Crippen LogP contribution in [0.1, 0.15) is 0 Å². The molecule has 0 aromatic heterocycles. The van der Waals surface area contributed by atoms with E-state index in [4.69, 9.17) is 0 Å². The van der Waals surface area contributed by atoms with Crippen molar-refractivity contribution < 1.29 is 40.3 Å². The molecule has 0 aliphatic carbocycles. The summed E-state index contributed by atoms with van der Waals surface area (Å²) in [4.78, 5) is 11.4. The fourth-order valence-corrected chi connectivity index (χ4v) is 1.88. The Morgan fingerprint density at radius 1 is 0.760 bits per heavy atom. The molecule has 25 heavy (non-hydrogen) atoms. The van der Waals surface area contributed by atoms with Gasteiger partial charge in [-0.2, -0.15) is 30.7 Å². The van der Waals surface area contributed by atoms with Gasteiger partial charge in [0, 0.05) is 5.56 Å². The molecule has 2 aromatic carbocycles. The Morgan fingerprint density at radius 2 is 1.28 bits per heavy atom. The van der Waals surface area contributed by atoms with Gasteiger partial charge in [0.2, 0.25) is 0 Å². The summed E-state index contributed by atoms with van der Waals surface area (Å²) in [6.45, 7) is 0. The van der Waals surface area contributed by atoms with E-state index < -0.39 is 29.7 Å². The van der Waals surface area contributed by atoms with Crippen LogP contribution in [0.5, 0.6) is 5.75 Å². The molecule has 0 aliphatic rings. The minimum absolute atomic E-state index is 0.0718. The maximum absolute atomic E-state index is 13.4. The number of rotatable bonds is 4. The first-order chi connectivity index (χ1) is 11.5. The van der Waals surface area contributed by atoms with E-state index >= 15 is 0 Å². The molecule has 0 spiro atoms. The van der Waals surface area contributed by atoms with Gasteiger partial charge in [-0.3, -0.25) is 0 Å². The van der Waals surface area contributed by atoms with Gasteiger partial charge >= 0.3 is 24.0 Å². The summed E-state index contributed by atoms with van der Waals surface area (Å²) in [5.74, 6) is -16.2. The number of ether oxygens (including phenoxy) is 1. The number of alkyl halides is 7. The van der Waals surface area contributed by atoms with Crippen molar-refractivity contribution in [2.45, 2.75) is 18.0 Å². The first-order valence-electron chi connectivity index (χ1n) is 6.67. The van der Waals surface area contributed by atoms with E-state index in [2.05, 4.69) is 4.74 Å². The maximum atomic E-state index is 13.4. The summed E-state index contributed by atoms with van der Waals surface area (Å²) in [7, 11) is 0. The Morgan fingerprint density at radius 3 is 1.84 bits per heavy atom. The molecule has 0 unspecified atom stereocenters. The molecular weight excluding hydrogens is 357 g/mol. The number of halogens is 7. The van der Waals surface area contributed by atoms with Crippen molar-refractivity contribution in [3.8, 4) is 16.9 Å². The summed E-state index contributed by atoms with van der Waals surface area (Å²) in [5, 5.41) is 0. The van der Waals surface area contributed by atoms with E-state index in [0.717, 1.165) is 6.07 Å². The van der Waals surface area contributed by atoms with Crippen molar-refractivity contribution in [2.75, 3.05) is 0 Å². The van der Waals surface area contributed by atoms with E-state index in [1.54, 1.807) is 18.2 Å². The maximum Gasteiger partial charge on any atom is 0.460 e. The van der Waals surface area contributed by atoms with Gasteiger partial charge in [-0.15, -0.1) is 0 Å². The van der Waals surface area contributed by atoms with Gasteiger partial charge in [0.1, 0.15) is 5.75 Å². The zero-order chi connectivity index (χ0) is 18.9. The zero-order valence-corrected chi connectivity index (χ0v) is 12.2. The summed E-state index contributed by atoms with van der Waals surface area (Å²) in [5.41, 5.74) is 0.458. The Kier molecular flexibility index (Phi) is 4.79. The van der Waals surface area contributed by atoms with E-state index in [1.165, 1.54) is 30.3 Å². The second kappa shape index (κ2) is 6.38. The third-order valence-electron chi connectivity index (χ3n) is 3.18. The molecule has 0 aliphatic heterocycles. The summed E-state index contributed by atoms with van der Waals surface area (Å²) in [6, 6.07) is 12.8. The van der Waals surface area contributed by atoms with Gasteiger partial charge in [0.05, 0.1) is 0 Å².